The molecule has 8 heteroatoms. The van der Waals surface area contributed by atoms with E-state index in [1.807, 2.05) is 18.2 Å². The number of benzene rings is 1. The molecular weight excluding hydrogens is 310 g/mol. The molecule has 2 heterocycles. The second kappa shape index (κ2) is 6.69. The van der Waals surface area contributed by atoms with E-state index in [2.05, 4.69) is 20.4 Å². The summed E-state index contributed by atoms with van der Waals surface area (Å²) in [4.78, 5) is 31.4. The first-order chi connectivity index (χ1) is 11.6. The second-order valence-corrected chi connectivity index (χ2v) is 4.80. The zero-order chi connectivity index (χ0) is 16.9. The normalized spacial score (nSPS) is 10.2. The molecule has 0 aliphatic rings. The monoisotopic (exact) mass is 323 g/mol. The minimum absolute atomic E-state index is 0.113. The number of nitrogens with one attached hydrogen (secondary N) is 1. The van der Waals surface area contributed by atoms with Crippen molar-refractivity contribution in [1.29, 1.82) is 0 Å². The van der Waals surface area contributed by atoms with Gasteiger partial charge < -0.3 is 10.1 Å². The Morgan fingerprint density at radius 3 is 2.46 bits per heavy atom. The van der Waals surface area contributed by atoms with Crippen LogP contribution in [0.2, 0.25) is 0 Å². The van der Waals surface area contributed by atoms with Gasteiger partial charge in [0.2, 0.25) is 0 Å². The van der Waals surface area contributed by atoms with Gasteiger partial charge in [-0.3, -0.25) is 9.59 Å². The summed E-state index contributed by atoms with van der Waals surface area (Å²) in [6.07, 6.45) is 2.84. The predicted molar refractivity (Wildman–Crippen MR) is 86.0 cm³/mol. The van der Waals surface area contributed by atoms with Crippen LogP contribution in [0, 0.1) is 0 Å². The molecule has 120 valence electrons. The summed E-state index contributed by atoms with van der Waals surface area (Å²) < 4.78 is 6.55. The fraction of sp³-hybridized carbons (Fsp3) is 0.0625. The van der Waals surface area contributed by atoms with Gasteiger partial charge in [-0.1, -0.05) is 18.2 Å². The van der Waals surface area contributed by atoms with Crippen LogP contribution in [0.3, 0.4) is 0 Å². The Morgan fingerprint density at radius 2 is 1.79 bits per heavy atom. The third-order valence-corrected chi connectivity index (χ3v) is 3.03. The number of para-hydroxylation sites is 1. The maximum Gasteiger partial charge on any atom is 0.322 e. The van der Waals surface area contributed by atoms with Gasteiger partial charge in [-0.15, -0.1) is 0 Å². The van der Waals surface area contributed by atoms with E-state index in [0.29, 0.717) is 11.4 Å². The lowest BCUT2D eigenvalue weighted by atomic mass is 10.3. The van der Waals surface area contributed by atoms with Crippen LogP contribution in [0.15, 0.2) is 59.7 Å². The minimum atomic E-state index is -0.467. The van der Waals surface area contributed by atoms with E-state index >= 15 is 0 Å². The van der Waals surface area contributed by atoms with Crippen LogP contribution in [-0.4, -0.2) is 25.7 Å². The summed E-state index contributed by atoms with van der Waals surface area (Å²) in [5.41, 5.74) is 0.204. The number of nitrogens with zero attached hydrogens (tertiary/aromatic N) is 4. The van der Waals surface area contributed by atoms with Gasteiger partial charge in [0.1, 0.15) is 11.4 Å². The van der Waals surface area contributed by atoms with E-state index in [0.717, 1.165) is 4.68 Å². The van der Waals surface area contributed by atoms with E-state index in [1.165, 1.54) is 31.6 Å². The SMILES string of the molecule is Cn1nc(C(=O)Nc2cnc(Oc3ccccc3)nc2)ccc1=O. The molecule has 3 rings (SSSR count). The summed E-state index contributed by atoms with van der Waals surface area (Å²) in [7, 11) is 1.47. The fourth-order valence-electron chi connectivity index (χ4n) is 1.85. The fourth-order valence-corrected chi connectivity index (χ4v) is 1.85. The third-order valence-electron chi connectivity index (χ3n) is 3.03. The quantitative estimate of drug-likeness (QED) is 0.783. The number of hydrogen-bond acceptors (Lipinski definition) is 6. The first-order valence-electron chi connectivity index (χ1n) is 7.02. The van der Waals surface area contributed by atoms with Crippen molar-refractivity contribution in [2.75, 3.05) is 5.32 Å². The van der Waals surface area contributed by atoms with Crippen molar-refractivity contribution in [2.24, 2.45) is 7.05 Å². The molecule has 0 aliphatic heterocycles. The highest BCUT2D eigenvalue weighted by Gasteiger charge is 2.10. The Hall–Kier alpha value is -3.55. The Labute approximate surface area is 136 Å². The highest BCUT2D eigenvalue weighted by Crippen LogP contribution is 2.17. The van der Waals surface area contributed by atoms with Crippen LogP contribution >= 0.6 is 0 Å². The van der Waals surface area contributed by atoms with Crippen molar-refractivity contribution in [1.82, 2.24) is 19.7 Å². The van der Waals surface area contributed by atoms with Gasteiger partial charge in [0.15, 0.2) is 0 Å². The van der Waals surface area contributed by atoms with Gasteiger partial charge in [0.05, 0.1) is 18.1 Å². The van der Waals surface area contributed by atoms with Crippen molar-refractivity contribution in [3.05, 3.63) is 70.9 Å². The predicted octanol–water partition coefficient (Wildman–Crippen LogP) is 1.61. The van der Waals surface area contributed by atoms with Gasteiger partial charge in [-0.25, -0.2) is 14.6 Å². The maximum absolute atomic E-state index is 12.1. The van der Waals surface area contributed by atoms with Crippen molar-refractivity contribution < 1.29 is 9.53 Å². The molecule has 1 amide bonds. The van der Waals surface area contributed by atoms with E-state index < -0.39 is 5.91 Å². The van der Waals surface area contributed by atoms with Crippen LogP contribution in [0.5, 0.6) is 11.8 Å². The maximum atomic E-state index is 12.1. The number of carbonyl (C=O) groups excluding carboxylic acids is 1. The topological polar surface area (TPSA) is 99.0 Å². The molecule has 1 aromatic carbocycles. The average Bonchev–Trinajstić information content (AvgIpc) is 2.60. The Morgan fingerprint density at radius 1 is 1.08 bits per heavy atom. The van der Waals surface area contributed by atoms with E-state index in [9.17, 15) is 9.59 Å². The lowest BCUT2D eigenvalue weighted by molar-refractivity contribution is 0.102. The largest absolute Gasteiger partial charge is 0.424 e. The standard InChI is InChI=1S/C16H13N5O3/c1-21-14(22)8-7-13(20-21)15(23)19-11-9-17-16(18-10-11)24-12-5-3-2-4-6-12/h2-10H,1H3,(H,19,23). The van der Waals surface area contributed by atoms with E-state index in [4.69, 9.17) is 4.74 Å². The number of carbonyl (C=O) groups is 1. The molecule has 0 unspecified atom stereocenters. The molecule has 0 saturated heterocycles. The zero-order valence-corrected chi connectivity index (χ0v) is 12.7. The summed E-state index contributed by atoms with van der Waals surface area (Å²) in [6.45, 7) is 0. The molecule has 24 heavy (non-hydrogen) atoms. The third kappa shape index (κ3) is 3.61. The van der Waals surface area contributed by atoms with Crippen molar-refractivity contribution in [2.45, 2.75) is 0 Å². The molecule has 2 aromatic heterocycles. The number of hydrogen-bond donors (Lipinski definition) is 1. The summed E-state index contributed by atoms with van der Waals surface area (Å²) in [5, 5.41) is 6.47. The van der Waals surface area contributed by atoms with Crippen LogP contribution < -0.4 is 15.6 Å². The highest BCUT2D eigenvalue weighted by molar-refractivity contribution is 6.02. The van der Waals surface area contributed by atoms with Crippen LogP contribution in [0.4, 0.5) is 5.69 Å². The Bertz CT molecular complexity index is 907. The van der Waals surface area contributed by atoms with Crippen LogP contribution in [0.1, 0.15) is 10.5 Å². The first kappa shape index (κ1) is 15.3. The lowest BCUT2D eigenvalue weighted by Crippen LogP contribution is -2.23. The van der Waals surface area contributed by atoms with Gasteiger partial charge in [0.25, 0.3) is 11.5 Å². The van der Waals surface area contributed by atoms with Gasteiger partial charge >= 0.3 is 6.01 Å². The molecule has 0 radical (unpaired) electrons. The summed E-state index contributed by atoms with van der Waals surface area (Å²) in [6, 6.07) is 11.9. The molecule has 0 aliphatic carbocycles. The molecule has 0 bridgehead atoms. The minimum Gasteiger partial charge on any atom is -0.424 e. The number of aromatic nitrogens is 4. The van der Waals surface area contributed by atoms with E-state index in [1.54, 1.807) is 12.1 Å². The van der Waals surface area contributed by atoms with Gasteiger partial charge in [-0.2, -0.15) is 5.10 Å². The Balaban J connectivity index is 1.68. The Kier molecular flexibility index (Phi) is 4.28. The number of anilines is 1. The van der Waals surface area contributed by atoms with Gasteiger partial charge in [-0.05, 0) is 18.2 Å². The molecular formula is C16H13N5O3. The van der Waals surface area contributed by atoms with Crippen LogP contribution in [0.25, 0.3) is 0 Å². The second-order valence-electron chi connectivity index (χ2n) is 4.80. The number of amides is 1. The lowest BCUT2D eigenvalue weighted by Gasteiger charge is -2.06. The molecule has 1 N–H and O–H groups in total. The van der Waals surface area contributed by atoms with E-state index in [-0.39, 0.29) is 17.3 Å². The average molecular weight is 323 g/mol. The molecule has 0 spiro atoms. The summed E-state index contributed by atoms with van der Waals surface area (Å²) in [5.74, 6) is 0.148. The molecule has 0 fully saturated rings. The molecule has 0 atom stereocenters. The van der Waals surface area contributed by atoms with Gasteiger partial charge in [0, 0.05) is 13.1 Å². The molecule has 0 saturated carbocycles. The van der Waals surface area contributed by atoms with Crippen molar-refractivity contribution in [3.63, 3.8) is 0 Å². The molecule has 3 aromatic rings. The molecule has 8 nitrogen and oxygen atoms in total. The number of aryl methyl sites for hydroxylation is 1. The zero-order valence-electron chi connectivity index (χ0n) is 12.7. The number of rotatable bonds is 4. The van der Waals surface area contributed by atoms with Crippen LogP contribution in [-0.2, 0) is 7.05 Å². The number of ether oxygens (including phenoxy) is 1. The van der Waals surface area contributed by atoms with Crippen molar-refractivity contribution >= 4 is 11.6 Å². The highest BCUT2D eigenvalue weighted by atomic mass is 16.5. The first-order valence-corrected chi connectivity index (χ1v) is 7.02. The smallest absolute Gasteiger partial charge is 0.322 e. The van der Waals surface area contributed by atoms with Crippen molar-refractivity contribution in [3.8, 4) is 11.8 Å². The summed E-state index contributed by atoms with van der Waals surface area (Å²) >= 11 is 0.